The predicted molar refractivity (Wildman–Crippen MR) is 218 cm³/mol. The number of hydrogen-bond donors (Lipinski definition) is 17. The number of aliphatic hydroxyl groups excluding tert-OH is 13. The number of ether oxygens (including phenoxy) is 8. The van der Waals surface area contributed by atoms with Gasteiger partial charge in [0.1, 0.15) is 91.6 Å². The summed E-state index contributed by atoms with van der Waals surface area (Å²) in [5.41, 5.74) is 0. The van der Waals surface area contributed by atoms with Gasteiger partial charge < -0.3 is 126 Å². The molecule has 17 N–H and O–H groups in total. The molecule has 29 heteroatoms. The number of rotatable bonds is 24. The maximum absolute atomic E-state index is 13.2. The Morgan fingerprint density at radius 1 is 0.485 bits per heavy atom. The highest BCUT2D eigenvalue weighted by Gasteiger charge is 2.52. The molecule has 29 nitrogen and oxygen atoms in total. The summed E-state index contributed by atoms with van der Waals surface area (Å²) in [6.07, 6.45) is -34.2. The van der Waals surface area contributed by atoms with Crippen LogP contribution in [0.5, 0.6) is 0 Å². The highest BCUT2D eigenvalue weighted by atomic mass is 16.8. The highest BCUT2D eigenvalue weighted by molar-refractivity contribution is 5.86. The Labute approximate surface area is 389 Å². The third-order valence-corrected chi connectivity index (χ3v) is 11.5. The summed E-state index contributed by atoms with van der Waals surface area (Å²) in [4.78, 5) is 50.8. The molecule has 4 saturated heterocycles. The first kappa shape index (κ1) is 57.6. The fourth-order valence-corrected chi connectivity index (χ4v) is 7.61. The van der Waals surface area contributed by atoms with Crippen LogP contribution < -0.4 is 21.3 Å². The topological polar surface area (TPSA) is 453 Å². The molecular formula is C39H68N4O25. The van der Waals surface area contributed by atoms with Crippen LogP contribution in [0.1, 0.15) is 33.1 Å². The van der Waals surface area contributed by atoms with E-state index < -0.39 is 185 Å². The maximum atomic E-state index is 13.2. The predicted octanol–water partition coefficient (Wildman–Crippen LogP) is -10.4. The van der Waals surface area contributed by atoms with Crippen molar-refractivity contribution in [3.05, 3.63) is 0 Å². The van der Waals surface area contributed by atoms with Crippen LogP contribution in [0.25, 0.3) is 0 Å². The summed E-state index contributed by atoms with van der Waals surface area (Å²) < 4.78 is 44.1. The molecule has 394 valence electrons. The van der Waals surface area contributed by atoms with Gasteiger partial charge in [-0.05, 0) is 19.8 Å². The van der Waals surface area contributed by atoms with Crippen LogP contribution in [-0.2, 0) is 57.1 Å². The number of amides is 4. The lowest BCUT2D eigenvalue weighted by atomic mass is 9.96. The van der Waals surface area contributed by atoms with Gasteiger partial charge in [-0.1, -0.05) is 0 Å². The van der Waals surface area contributed by atoms with Gasteiger partial charge in [-0.3, -0.25) is 19.2 Å². The van der Waals surface area contributed by atoms with E-state index in [0.717, 1.165) is 0 Å². The number of likely N-dealkylation sites (N-methyl/N-ethyl adjacent to an activating group) is 1. The molecule has 0 saturated carbocycles. The molecule has 4 heterocycles. The SMILES string of the molecule is CCNC(=O)CNC(=O)CC(CC(=O)NCCO[C@@H]1O[C@@H](C)[C@@H](O)[C@@H](O)[C@@H]1O)CC(=O)NCCO[C@H]1O[C@H](CO[C@H]2O[C@H](CO)[C@@H](O)[C@H](O)[C@@H]2O)[C@@H](O)[C@H](O[C@H]2O[C@H](CO)[C@@H](O)[C@H](O)[C@@H]2O)[C@@H]1O. The smallest absolute Gasteiger partial charge is 0.239 e. The fourth-order valence-electron chi connectivity index (χ4n) is 7.61. The van der Waals surface area contributed by atoms with Gasteiger partial charge in [-0.25, -0.2) is 0 Å². The first-order chi connectivity index (χ1) is 32.2. The van der Waals surface area contributed by atoms with Crippen LogP contribution in [0.15, 0.2) is 0 Å². The minimum Gasteiger partial charge on any atom is -0.394 e. The Morgan fingerprint density at radius 2 is 0.926 bits per heavy atom. The molecular weight excluding hydrogens is 924 g/mol. The number of nitrogens with one attached hydrogen (secondary N) is 4. The van der Waals surface area contributed by atoms with Crippen molar-refractivity contribution < 1.29 is 123 Å². The van der Waals surface area contributed by atoms with E-state index in [2.05, 4.69) is 21.3 Å². The molecule has 0 radical (unpaired) electrons. The van der Waals surface area contributed by atoms with E-state index in [0.29, 0.717) is 6.54 Å². The molecule has 21 atom stereocenters. The summed E-state index contributed by atoms with van der Waals surface area (Å²) in [6.45, 7) is -0.306. The zero-order valence-corrected chi connectivity index (χ0v) is 37.3. The van der Waals surface area contributed by atoms with Crippen molar-refractivity contribution in [2.24, 2.45) is 5.92 Å². The van der Waals surface area contributed by atoms with Crippen LogP contribution >= 0.6 is 0 Å². The number of hydrogen-bond acceptors (Lipinski definition) is 25. The van der Waals surface area contributed by atoms with E-state index in [1.54, 1.807) is 6.92 Å². The molecule has 4 rings (SSSR count). The van der Waals surface area contributed by atoms with E-state index >= 15 is 0 Å². The van der Waals surface area contributed by atoms with E-state index in [1.165, 1.54) is 6.92 Å². The molecule has 4 aliphatic rings. The summed E-state index contributed by atoms with van der Waals surface area (Å²) in [7, 11) is 0. The molecule has 4 amide bonds. The second-order valence-electron chi connectivity index (χ2n) is 16.7. The Bertz CT molecular complexity index is 1570. The molecule has 0 aromatic rings. The molecule has 4 aliphatic heterocycles. The molecule has 0 spiro atoms. The van der Waals surface area contributed by atoms with Gasteiger partial charge in [0, 0.05) is 38.9 Å². The third kappa shape index (κ3) is 15.8. The first-order valence-corrected chi connectivity index (χ1v) is 22.1. The Kier molecular flexibility index (Phi) is 23.4. The average Bonchev–Trinajstić information content (AvgIpc) is 3.30. The van der Waals surface area contributed by atoms with E-state index in [1.807, 2.05) is 0 Å². The Balaban J connectivity index is 1.37. The van der Waals surface area contributed by atoms with Crippen LogP contribution in [0.2, 0.25) is 0 Å². The van der Waals surface area contributed by atoms with Gasteiger partial charge >= 0.3 is 0 Å². The standard InChI is InChI=1S/C39H68N4O25/c1-3-40-23(49)11-43-22(48)10-16(8-20(46)41-4-6-61-36-31(57)28(54)24(50)15(2)64-36)9-21(47)42-5-7-62-38-34(60)35(68-39-33(59)30(56)26(52)18(13-45)66-39)27(53)19(67-38)14-63-37-32(58)29(55)25(51)17(12-44)65-37/h15-19,24-39,44-45,50-60H,3-14H2,1-2H3,(H,40,49)(H,41,46)(H,42,47)(H,43,48)/t15-,16?,17+,18+,19+,24+,25+,26+,27+,28+,29-,30-,31-,32-,33-,34-,35-,36+,37-,38-,39+/m0/s1. The van der Waals surface area contributed by atoms with Crippen LogP contribution in [0.4, 0.5) is 0 Å². The minimum absolute atomic E-state index is 0.126. The highest BCUT2D eigenvalue weighted by Crippen LogP contribution is 2.31. The molecule has 0 aromatic heterocycles. The Hall–Kier alpha value is -2.96. The van der Waals surface area contributed by atoms with Crippen molar-refractivity contribution in [2.75, 3.05) is 59.2 Å². The third-order valence-electron chi connectivity index (χ3n) is 11.5. The molecule has 0 aromatic carbocycles. The Morgan fingerprint density at radius 3 is 1.44 bits per heavy atom. The second-order valence-corrected chi connectivity index (χ2v) is 16.7. The van der Waals surface area contributed by atoms with Gasteiger partial charge in [0.15, 0.2) is 25.2 Å². The quantitative estimate of drug-likeness (QED) is 0.0399. The van der Waals surface area contributed by atoms with Crippen molar-refractivity contribution in [3.8, 4) is 0 Å². The van der Waals surface area contributed by atoms with Crippen molar-refractivity contribution in [1.82, 2.24) is 21.3 Å². The van der Waals surface area contributed by atoms with E-state index in [9.17, 15) is 85.6 Å². The number of carbonyl (C=O) groups excluding carboxylic acids is 4. The zero-order valence-electron chi connectivity index (χ0n) is 37.3. The lowest BCUT2D eigenvalue weighted by Gasteiger charge is -2.46. The fraction of sp³-hybridized carbons (Fsp3) is 0.897. The molecule has 68 heavy (non-hydrogen) atoms. The lowest BCUT2D eigenvalue weighted by molar-refractivity contribution is -0.366. The second kappa shape index (κ2) is 27.6. The van der Waals surface area contributed by atoms with Crippen molar-refractivity contribution in [1.29, 1.82) is 0 Å². The van der Waals surface area contributed by atoms with Gasteiger partial charge in [-0.15, -0.1) is 0 Å². The van der Waals surface area contributed by atoms with Crippen LogP contribution in [0, 0.1) is 5.92 Å². The van der Waals surface area contributed by atoms with Gasteiger partial charge in [-0.2, -0.15) is 0 Å². The van der Waals surface area contributed by atoms with Crippen molar-refractivity contribution in [2.45, 2.75) is 156 Å². The van der Waals surface area contributed by atoms with E-state index in [4.69, 9.17) is 37.9 Å². The summed E-state index contributed by atoms with van der Waals surface area (Å²) in [6, 6.07) is 0. The molecule has 0 bridgehead atoms. The lowest BCUT2D eigenvalue weighted by Crippen LogP contribution is -2.65. The molecule has 4 fully saturated rings. The van der Waals surface area contributed by atoms with E-state index in [-0.39, 0.29) is 39.1 Å². The van der Waals surface area contributed by atoms with Gasteiger partial charge in [0.2, 0.25) is 23.6 Å². The normalized spacial score (nSPS) is 39.1. The van der Waals surface area contributed by atoms with Crippen molar-refractivity contribution in [3.63, 3.8) is 0 Å². The van der Waals surface area contributed by atoms with Crippen LogP contribution in [-0.4, -0.2) is 272 Å². The van der Waals surface area contributed by atoms with Crippen molar-refractivity contribution >= 4 is 23.6 Å². The first-order valence-electron chi connectivity index (χ1n) is 22.1. The van der Waals surface area contributed by atoms with Gasteiger partial charge in [0.25, 0.3) is 0 Å². The monoisotopic (exact) mass is 992 g/mol. The molecule has 0 aliphatic carbocycles. The summed E-state index contributed by atoms with van der Waals surface area (Å²) in [5.74, 6) is -3.35. The minimum atomic E-state index is -1.98. The number of aliphatic hydroxyl groups is 13. The largest absolute Gasteiger partial charge is 0.394 e. The maximum Gasteiger partial charge on any atom is 0.239 e. The molecule has 1 unspecified atom stereocenters. The number of carbonyl (C=O) groups is 4. The zero-order chi connectivity index (χ0) is 50.4. The van der Waals surface area contributed by atoms with Gasteiger partial charge in [0.05, 0.1) is 45.7 Å². The van der Waals surface area contributed by atoms with Crippen LogP contribution in [0.3, 0.4) is 0 Å². The summed E-state index contributed by atoms with van der Waals surface area (Å²) >= 11 is 0. The average molecular weight is 993 g/mol. The summed E-state index contributed by atoms with van der Waals surface area (Å²) in [5, 5.41) is 144.